The van der Waals surface area contributed by atoms with Crippen molar-refractivity contribution in [2.75, 3.05) is 19.8 Å². The van der Waals surface area contributed by atoms with Crippen LogP contribution in [-0.2, 0) is 28.6 Å². The fraction of sp³-hybridized carbons (Fsp3) is 0.917. The number of hydrogen-bond acceptors (Lipinski definition) is 6. The van der Waals surface area contributed by atoms with Gasteiger partial charge < -0.3 is 14.2 Å². The summed E-state index contributed by atoms with van der Waals surface area (Å²) in [6, 6.07) is 0. The summed E-state index contributed by atoms with van der Waals surface area (Å²) < 4.78 is 16.9. The van der Waals surface area contributed by atoms with Gasteiger partial charge in [-0.05, 0) is 38.5 Å². The van der Waals surface area contributed by atoms with Gasteiger partial charge in [0.2, 0.25) is 0 Å². The van der Waals surface area contributed by atoms with Crippen molar-refractivity contribution in [1.82, 2.24) is 0 Å². The Morgan fingerprint density at radius 3 is 1.17 bits per heavy atom. The molecule has 0 spiro atoms. The molecule has 1 fully saturated rings. The molecule has 1 aliphatic carbocycles. The van der Waals surface area contributed by atoms with Crippen molar-refractivity contribution in [2.45, 2.75) is 175 Å². The molecule has 246 valence electrons. The first kappa shape index (κ1) is 38.4. The van der Waals surface area contributed by atoms with Crippen LogP contribution >= 0.6 is 0 Å². The van der Waals surface area contributed by atoms with Gasteiger partial charge in [0.05, 0.1) is 37.6 Å². The molecule has 6 nitrogen and oxygen atoms in total. The summed E-state index contributed by atoms with van der Waals surface area (Å²) in [6.07, 6.45) is 25.6. The highest BCUT2D eigenvalue weighted by Gasteiger charge is 2.43. The number of unbranched alkanes of at least 4 members (excludes halogenated alkanes) is 18. The zero-order chi connectivity index (χ0) is 30.7. The normalized spacial score (nSPS) is 18.5. The molecule has 0 aliphatic heterocycles. The first-order valence-corrected chi connectivity index (χ1v) is 18.0. The third-order valence-electron chi connectivity index (χ3n) is 8.77. The maximum Gasteiger partial charge on any atom is 0.309 e. The first-order chi connectivity index (χ1) is 20.5. The molecule has 0 aromatic carbocycles. The molecule has 42 heavy (non-hydrogen) atoms. The molecule has 6 heteroatoms. The van der Waals surface area contributed by atoms with E-state index in [0.717, 1.165) is 51.4 Å². The van der Waals surface area contributed by atoms with Crippen LogP contribution in [0.5, 0.6) is 0 Å². The average molecular weight is 595 g/mol. The van der Waals surface area contributed by atoms with Gasteiger partial charge in [-0.15, -0.1) is 0 Å². The highest BCUT2D eigenvalue weighted by atomic mass is 16.5. The van der Waals surface area contributed by atoms with E-state index in [-0.39, 0.29) is 23.8 Å². The predicted molar refractivity (Wildman–Crippen MR) is 171 cm³/mol. The van der Waals surface area contributed by atoms with Gasteiger partial charge in [-0.2, -0.15) is 0 Å². The van der Waals surface area contributed by atoms with E-state index in [1.54, 1.807) is 0 Å². The number of esters is 3. The molecule has 0 aromatic heterocycles. The van der Waals surface area contributed by atoms with E-state index in [0.29, 0.717) is 39.1 Å². The van der Waals surface area contributed by atoms with Gasteiger partial charge >= 0.3 is 17.9 Å². The number of rotatable bonds is 27. The Kier molecular flexibility index (Phi) is 24.7. The minimum Gasteiger partial charge on any atom is -0.465 e. The monoisotopic (exact) mass is 594 g/mol. The second kappa shape index (κ2) is 27.0. The lowest BCUT2D eigenvalue weighted by molar-refractivity contribution is -0.167. The molecule has 3 atom stereocenters. The second-order valence-electron chi connectivity index (χ2n) is 12.6. The molecular weight excluding hydrogens is 528 g/mol. The van der Waals surface area contributed by atoms with Gasteiger partial charge in [-0.3, -0.25) is 14.4 Å². The third-order valence-corrected chi connectivity index (χ3v) is 8.77. The molecule has 3 unspecified atom stereocenters. The molecule has 0 radical (unpaired) electrons. The van der Waals surface area contributed by atoms with Crippen LogP contribution in [-0.4, -0.2) is 37.7 Å². The van der Waals surface area contributed by atoms with Crippen LogP contribution in [0.25, 0.3) is 0 Å². The van der Waals surface area contributed by atoms with Gasteiger partial charge in [-0.25, -0.2) is 0 Å². The van der Waals surface area contributed by atoms with E-state index in [1.807, 2.05) is 0 Å². The largest absolute Gasteiger partial charge is 0.465 e. The smallest absolute Gasteiger partial charge is 0.309 e. The summed E-state index contributed by atoms with van der Waals surface area (Å²) in [5, 5.41) is 0. The standard InChI is InChI=1S/C36H66O6/c1-4-7-10-13-16-19-22-27-40-34(37)31-25-26-32(35(38)41-28-23-20-17-14-11-8-5-2)33(30-31)36(39)42-29-24-21-18-15-12-9-6-3/h31-33H,4-30H2,1-3H3. The highest BCUT2D eigenvalue weighted by Crippen LogP contribution is 2.36. The predicted octanol–water partition coefficient (Wildman–Crippen LogP) is 9.90. The molecule has 0 heterocycles. The number of carbonyl (C=O) groups excluding carboxylic acids is 3. The molecule has 0 bridgehead atoms. The highest BCUT2D eigenvalue weighted by molar-refractivity contribution is 5.83. The van der Waals surface area contributed by atoms with E-state index >= 15 is 0 Å². The lowest BCUT2D eigenvalue weighted by atomic mass is 9.74. The van der Waals surface area contributed by atoms with Crippen molar-refractivity contribution in [1.29, 1.82) is 0 Å². The van der Waals surface area contributed by atoms with E-state index in [9.17, 15) is 14.4 Å². The van der Waals surface area contributed by atoms with Crippen molar-refractivity contribution in [3.8, 4) is 0 Å². The van der Waals surface area contributed by atoms with Crippen LogP contribution < -0.4 is 0 Å². The molecule has 1 rings (SSSR count). The van der Waals surface area contributed by atoms with Crippen molar-refractivity contribution >= 4 is 17.9 Å². The van der Waals surface area contributed by atoms with Gasteiger partial charge in [0.25, 0.3) is 0 Å². The fourth-order valence-electron chi connectivity index (χ4n) is 5.95. The lowest BCUT2D eigenvalue weighted by Gasteiger charge is -2.32. The maximum absolute atomic E-state index is 13.2. The Morgan fingerprint density at radius 1 is 0.429 bits per heavy atom. The summed E-state index contributed by atoms with van der Waals surface area (Å²) in [6.45, 7) is 7.84. The summed E-state index contributed by atoms with van der Waals surface area (Å²) in [7, 11) is 0. The molecule has 1 saturated carbocycles. The van der Waals surface area contributed by atoms with Crippen LogP contribution in [0, 0.1) is 17.8 Å². The molecule has 0 N–H and O–H groups in total. The number of hydrogen-bond donors (Lipinski definition) is 0. The summed E-state index contributed by atoms with van der Waals surface area (Å²) in [5.41, 5.74) is 0. The summed E-state index contributed by atoms with van der Waals surface area (Å²) in [5.74, 6) is -2.44. The van der Waals surface area contributed by atoms with Gasteiger partial charge in [0, 0.05) is 0 Å². The lowest BCUT2D eigenvalue weighted by Crippen LogP contribution is -2.40. The Balaban J connectivity index is 2.52. The zero-order valence-electron chi connectivity index (χ0n) is 27.8. The minimum atomic E-state index is -0.638. The maximum atomic E-state index is 13.2. The number of ether oxygens (including phenoxy) is 3. The van der Waals surface area contributed by atoms with Gasteiger partial charge in [-0.1, -0.05) is 136 Å². The van der Waals surface area contributed by atoms with Crippen LogP contribution in [0.2, 0.25) is 0 Å². The third kappa shape index (κ3) is 18.8. The minimum absolute atomic E-state index is 0.235. The Hall–Kier alpha value is -1.59. The van der Waals surface area contributed by atoms with Crippen LogP contribution in [0.1, 0.15) is 175 Å². The number of carbonyl (C=O) groups is 3. The molecule has 0 amide bonds. The van der Waals surface area contributed by atoms with Crippen LogP contribution in [0.15, 0.2) is 0 Å². The fourth-order valence-corrected chi connectivity index (χ4v) is 5.95. The van der Waals surface area contributed by atoms with Crippen LogP contribution in [0.3, 0.4) is 0 Å². The molecule has 0 aromatic rings. The molecular formula is C36H66O6. The van der Waals surface area contributed by atoms with Crippen molar-refractivity contribution in [3.63, 3.8) is 0 Å². The van der Waals surface area contributed by atoms with Gasteiger partial charge in [0.15, 0.2) is 0 Å². The van der Waals surface area contributed by atoms with Crippen molar-refractivity contribution in [3.05, 3.63) is 0 Å². The van der Waals surface area contributed by atoms with Crippen molar-refractivity contribution < 1.29 is 28.6 Å². The first-order valence-electron chi connectivity index (χ1n) is 18.0. The summed E-state index contributed by atoms with van der Waals surface area (Å²) in [4.78, 5) is 39.1. The Bertz CT molecular complexity index is 678. The quantitative estimate of drug-likeness (QED) is 0.0535. The topological polar surface area (TPSA) is 78.9 Å². The van der Waals surface area contributed by atoms with E-state index in [4.69, 9.17) is 14.2 Å². The second-order valence-corrected chi connectivity index (χ2v) is 12.6. The summed E-state index contributed by atoms with van der Waals surface area (Å²) >= 11 is 0. The van der Waals surface area contributed by atoms with E-state index in [1.165, 1.54) is 83.5 Å². The average Bonchev–Trinajstić information content (AvgIpc) is 3.00. The molecule has 1 aliphatic rings. The Morgan fingerprint density at radius 2 is 0.762 bits per heavy atom. The SMILES string of the molecule is CCCCCCCCCOC(=O)C1CCC(C(=O)OCCCCCCCCC)C(C(=O)OCCCCCCCCC)C1. The zero-order valence-corrected chi connectivity index (χ0v) is 27.8. The van der Waals surface area contributed by atoms with E-state index < -0.39 is 11.8 Å². The molecule has 0 saturated heterocycles. The Labute approximate surface area is 258 Å². The van der Waals surface area contributed by atoms with Crippen molar-refractivity contribution in [2.24, 2.45) is 17.8 Å². The van der Waals surface area contributed by atoms with E-state index in [2.05, 4.69) is 20.8 Å². The van der Waals surface area contributed by atoms with Gasteiger partial charge in [0.1, 0.15) is 0 Å². The van der Waals surface area contributed by atoms with Crippen LogP contribution in [0.4, 0.5) is 0 Å².